The van der Waals surface area contributed by atoms with Crippen LogP contribution in [0.3, 0.4) is 0 Å². The van der Waals surface area contributed by atoms with Crippen molar-refractivity contribution in [1.82, 2.24) is 10.2 Å². The number of aldehydes is 1. The van der Waals surface area contributed by atoms with E-state index < -0.39 is 18.8 Å². The van der Waals surface area contributed by atoms with Crippen molar-refractivity contribution in [3.8, 4) is 0 Å². The molecule has 0 saturated carbocycles. The summed E-state index contributed by atoms with van der Waals surface area (Å²) in [4.78, 5) is 21.2. The lowest BCUT2D eigenvalue weighted by Gasteiger charge is -2.16. The molecule has 7 heteroatoms. The first kappa shape index (κ1) is 23.8. The standard InChI is InChI=1S/C7H11F3N2O.C2H4O.2C2H6/c8-7(9,10)5-11-6(13)12-3-1-2-4-12;1-2-3;2*1-2/h1-5H2,(H,11,13);2H,1H3;2*1-2H3. The Bertz CT molecular complexity index is 228. The van der Waals surface area contributed by atoms with E-state index in [4.69, 9.17) is 4.79 Å². The molecule has 0 aromatic carbocycles. The third-order valence-electron chi connectivity index (χ3n) is 1.83. The molecule has 122 valence electrons. The Labute approximate surface area is 119 Å². The highest BCUT2D eigenvalue weighted by molar-refractivity contribution is 5.74. The average molecular weight is 300 g/mol. The van der Waals surface area contributed by atoms with E-state index in [9.17, 15) is 18.0 Å². The van der Waals surface area contributed by atoms with Crippen molar-refractivity contribution in [3.63, 3.8) is 0 Å². The van der Waals surface area contributed by atoms with Gasteiger partial charge >= 0.3 is 12.2 Å². The second kappa shape index (κ2) is 15.8. The molecule has 0 bridgehead atoms. The summed E-state index contributed by atoms with van der Waals surface area (Å²) in [5.41, 5.74) is 0. The lowest BCUT2D eigenvalue weighted by atomic mass is 10.4. The predicted octanol–water partition coefficient (Wildman–Crippen LogP) is 3.61. The quantitative estimate of drug-likeness (QED) is 0.752. The number of hydrogen-bond acceptors (Lipinski definition) is 2. The fourth-order valence-electron chi connectivity index (χ4n) is 1.21. The third-order valence-corrected chi connectivity index (χ3v) is 1.83. The van der Waals surface area contributed by atoms with Gasteiger partial charge in [0.2, 0.25) is 0 Å². The fraction of sp³-hybridized carbons (Fsp3) is 0.846. The average Bonchev–Trinajstić information content (AvgIpc) is 2.95. The van der Waals surface area contributed by atoms with Crippen molar-refractivity contribution < 1.29 is 22.8 Å². The van der Waals surface area contributed by atoms with E-state index in [1.165, 1.54) is 11.8 Å². The van der Waals surface area contributed by atoms with Gasteiger partial charge in [0.25, 0.3) is 0 Å². The molecule has 1 saturated heterocycles. The Balaban J connectivity index is -0.000000355. The number of hydrogen-bond donors (Lipinski definition) is 1. The Kier molecular flexibility index (Phi) is 18.8. The highest BCUT2D eigenvalue weighted by atomic mass is 19.4. The number of nitrogens with zero attached hydrogens (tertiary/aromatic N) is 1. The van der Waals surface area contributed by atoms with Gasteiger partial charge in [0.15, 0.2) is 0 Å². The molecule has 4 nitrogen and oxygen atoms in total. The number of urea groups is 1. The molecule has 1 fully saturated rings. The molecule has 1 rings (SSSR count). The van der Waals surface area contributed by atoms with Crippen molar-refractivity contribution >= 4 is 12.3 Å². The normalized spacial score (nSPS) is 12.7. The maximum Gasteiger partial charge on any atom is 0.405 e. The molecule has 0 spiro atoms. The van der Waals surface area contributed by atoms with E-state index in [2.05, 4.69) is 0 Å². The van der Waals surface area contributed by atoms with E-state index in [0.29, 0.717) is 13.1 Å². The number of carbonyl (C=O) groups excluding carboxylic acids is 2. The maximum atomic E-state index is 11.7. The number of nitrogens with one attached hydrogen (secondary N) is 1. The smallest absolute Gasteiger partial charge is 0.329 e. The second-order valence-electron chi connectivity index (χ2n) is 3.20. The topological polar surface area (TPSA) is 49.4 Å². The first-order valence-corrected chi connectivity index (χ1v) is 6.90. The summed E-state index contributed by atoms with van der Waals surface area (Å²) in [5, 5.41) is 1.83. The number of rotatable bonds is 1. The first-order chi connectivity index (χ1) is 9.40. The number of amides is 2. The Morgan fingerprint density at radius 2 is 1.50 bits per heavy atom. The molecule has 0 atom stereocenters. The minimum atomic E-state index is -4.32. The molecular weight excluding hydrogens is 273 g/mol. The zero-order valence-electron chi connectivity index (χ0n) is 13.0. The van der Waals surface area contributed by atoms with Gasteiger partial charge in [-0.2, -0.15) is 13.2 Å². The number of halogens is 3. The second-order valence-corrected chi connectivity index (χ2v) is 3.20. The monoisotopic (exact) mass is 300 g/mol. The van der Waals surface area contributed by atoms with Crippen LogP contribution in [0.2, 0.25) is 0 Å². The number of carbonyl (C=O) groups is 2. The van der Waals surface area contributed by atoms with Gasteiger partial charge in [0.1, 0.15) is 12.8 Å². The molecule has 0 aromatic rings. The summed E-state index contributed by atoms with van der Waals surface area (Å²) in [5.74, 6) is 0. The van der Waals surface area contributed by atoms with E-state index in [0.717, 1.165) is 19.1 Å². The molecule has 0 unspecified atom stereocenters. The molecule has 1 aliphatic heterocycles. The molecule has 1 heterocycles. The third kappa shape index (κ3) is 16.7. The van der Waals surface area contributed by atoms with Crippen molar-refractivity contribution in [2.45, 2.75) is 53.6 Å². The van der Waals surface area contributed by atoms with E-state index in [1.54, 1.807) is 0 Å². The van der Waals surface area contributed by atoms with Crippen molar-refractivity contribution in [1.29, 1.82) is 0 Å². The Morgan fingerprint density at radius 3 is 1.80 bits per heavy atom. The predicted molar refractivity (Wildman–Crippen MR) is 74.7 cm³/mol. The van der Waals surface area contributed by atoms with Crippen LogP contribution in [-0.2, 0) is 4.79 Å². The molecule has 20 heavy (non-hydrogen) atoms. The van der Waals surface area contributed by atoms with Crippen LogP contribution >= 0.6 is 0 Å². The van der Waals surface area contributed by atoms with Gasteiger partial charge in [-0.3, -0.25) is 0 Å². The molecule has 1 aliphatic rings. The summed E-state index contributed by atoms with van der Waals surface area (Å²) >= 11 is 0. The number of likely N-dealkylation sites (tertiary alicyclic amines) is 1. The minimum absolute atomic E-state index is 0.559. The van der Waals surface area contributed by atoms with E-state index >= 15 is 0 Å². The fourth-order valence-corrected chi connectivity index (χ4v) is 1.21. The zero-order valence-corrected chi connectivity index (χ0v) is 13.0. The minimum Gasteiger partial charge on any atom is -0.329 e. The Morgan fingerprint density at radius 1 is 1.15 bits per heavy atom. The summed E-state index contributed by atoms with van der Waals surface area (Å²) in [6.45, 7) is 9.32. The van der Waals surface area contributed by atoms with Gasteiger partial charge in [-0.25, -0.2) is 4.79 Å². The van der Waals surface area contributed by atoms with Gasteiger partial charge in [0, 0.05) is 13.1 Å². The molecule has 0 aromatic heterocycles. The summed E-state index contributed by atoms with van der Waals surface area (Å²) in [6.07, 6.45) is -1.83. The van der Waals surface area contributed by atoms with Crippen LogP contribution in [0.4, 0.5) is 18.0 Å². The number of alkyl halides is 3. The van der Waals surface area contributed by atoms with Gasteiger partial charge in [0.05, 0.1) is 0 Å². The van der Waals surface area contributed by atoms with Crippen molar-refractivity contribution in [3.05, 3.63) is 0 Å². The molecule has 0 aliphatic carbocycles. The summed E-state index contributed by atoms with van der Waals surface area (Å²) in [7, 11) is 0. The molecule has 2 amide bonds. The first-order valence-electron chi connectivity index (χ1n) is 6.90. The zero-order chi connectivity index (χ0) is 16.6. The Hall–Kier alpha value is -1.27. The lowest BCUT2D eigenvalue weighted by Crippen LogP contribution is -2.42. The maximum absolute atomic E-state index is 11.7. The van der Waals surface area contributed by atoms with E-state index in [-0.39, 0.29) is 0 Å². The molecule has 0 radical (unpaired) electrons. The van der Waals surface area contributed by atoms with Gasteiger partial charge in [-0.15, -0.1) is 0 Å². The van der Waals surface area contributed by atoms with Crippen molar-refractivity contribution in [2.75, 3.05) is 19.6 Å². The highest BCUT2D eigenvalue weighted by Crippen LogP contribution is 2.13. The molecular formula is C13H27F3N2O2. The van der Waals surface area contributed by atoms with Crippen molar-refractivity contribution in [2.24, 2.45) is 0 Å². The summed E-state index contributed by atoms with van der Waals surface area (Å²) < 4.78 is 35.0. The van der Waals surface area contributed by atoms with Gasteiger partial charge in [-0.05, 0) is 19.8 Å². The van der Waals surface area contributed by atoms with Crippen LogP contribution in [0.25, 0.3) is 0 Å². The summed E-state index contributed by atoms with van der Waals surface area (Å²) in [6, 6.07) is -0.616. The van der Waals surface area contributed by atoms with Crippen LogP contribution in [0.5, 0.6) is 0 Å². The van der Waals surface area contributed by atoms with Crippen LogP contribution in [0, 0.1) is 0 Å². The largest absolute Gasteiger partial charge is 0.405 e. The van der Waals surface area contributed by atoms with Crippen LogP contribution in [-0.4, -0.2) is 43.0 Å². The highest BCUT2D eigenvalue weighted by Gasteiger charge is 2.29. The van der Waals surface area contributed by atoms with Crippen LogP contribution < -0.4 is 5.32 Å². The van der Waals surface area contributed by atoms with Crippen LogP contribution in [0.1, 0.15) is 47.5 Å². The lowest BCUT2D eigenvalue weighted by molar-refractivity contribution is -0.123. The molecule has 1 N–H and O–H groups in total. The van der Waals surface area contributed by atoms with Crippen LogP contribution in [0.15, 0.2) is 0 Å². The SMILES string of the molecule is CC.CC.CC=O.O=C(NCC(F)(F)F)N1CCCC1. The van der Waals surface area contributed by atoms with Gasteiger partial charge in [-0.1, -0.05) is 27.7 Å². The van der Waals surface area contributed by atoms with E-state index in [1.807, 2.05) is 33.0 Å². The van der Waals surface area contributed by atoms with Gasteiger partial charge < -0.3 is 15.0 Å².